The van der Waals surface area contributed by atoms with E-state index in [-0.39, 0.29) is 30.1 Å². The zero-order chi connectivity index (χ0) is 26.0. The third-order valence-electron chi connectivity index (χ3n) is 7.19. The van der Waals surface area contributed by atoms with Gasteiger partial charge in [0.15, 0.2) is 0 Å². The highest BCUT2D eigenvalue weighted by atomic mass is 19.1. The molecule has 2 heterocycles. The summed E-state index contributed by atoms with van der Waals surface area (Å²) in [6.45, 7) is 6.23. The second-order valence-corrected chi connectivity index (χ2v) is 9.73. The lowest BCUT2D eigenvalue weighted by Crippen LogP contribution is -2.51. The summed E-state index contributed by atoms with van der Waals surface area (Å²) in [5, 5.41) is 2.27. The number of piperidine rings is 1. The fourth-order valence-electron chi connectivity index (χ4n) is 5.44. The van der Waals surface area contributed by atoms with Crippen LogP contribution in [0.3, 0.4) is 0 Å². The molecule has 1 spiro atoms. The fraction of sp³-hybridized carbons (Fsp3) is 0.393. The highest BCUT2D eigenvalue weighted by molar-refractivity contribution is 6.10. The van der Waals surface area contributed by atoms with Gasteiger partial charge in [-0.15, -0.1) is 5.92 Å². The summed E-state index contributed by atoms with van der Waals surface area (Å²) in [7, 11) is 0. The van der Waals surface area contributed by atoms with Gasteiger partial charge in [-0.05, 0) is 80.0 Å². The Hall–Kier alpha value is -3.86. The minimum absolute atomic E-state index is 0.0619. The van der Waals surface area contributed by atoms with E-state index in [1.807, 2.05) is 26.0 Å². The van der Waals surface area contributed by atoms with Crippen LogP contribution in [-0.4, -0.2) is 46.5 Å². The van der Waals surface area contributed by atoms with E-state index < -0.39 is 29.1 Å². The Labute approximate surface area is 209 Å². The van der Waals surface area contributed by atoms with Crippen LogP contribution in [0.1, 0.15) is 71.3 Å². The number of halogens is 1. The van der Waals surface area contributed by atoms with Gasteiger partial charge in [-0.25, -0.2) is 14.2 Å². The van der Waals surface area contributed by atoms with E-state index in [9.17, 15) is 23.6 Å². The summed E-state index contributed by atoms with van der Waals surface area (Å²) in [6, 6.07) is 5.56. The molecule has 1 N–H and O–H groups in total. The zero-order valence-electron chi connectivity index (χ0n) is 20.6. The van der Waals surface area contributed by atoms with E-state index in [4.69, 9.17) is 0 Å². The molecule has 4 rings (SSSR count). The first kappa shape index (κ1) is 25.2. The molecule has 0 atom stereocenters. The first-order chi connectivity index (χ1) is 17.1. The maximum atomic E-state index is 13.3. The molecule has 8 heteroatoms. The maximum Gasteiger partial charge on any atom is 0.324 e. The number of benzene rings is 1. The fourth-order valence-corrected chi connectivity index (χ4v) is 5.44. The van der Waals surface area contributed by atoms with Crippen LogP contribution in [0.25, 0.3) is 0 Å². The molecule has 1 aliphatic heterocycles. The number of Topliss-reactive ketones (excluding diaryl/α,β-unsaturated/α-hetero) is 2. The van der Waals surface area contributed by atoms with Gasteiger partial charge in [0.1, 0.15) is 29.0 Å². The van der Waals surface area contributed by atoms with Gasteiger partial charge < -0.3 is 4.90 Å². The molecule has 0 radical (unpaired) electrons. The number of hydrogen-bond acceptors (Lipinski definition) is 5. The first-order valence-corrected chi connectivity index (χ1v) is 11.9. The maximum absolute atomic E-state index is 13.3. The molecule has 1 saturated carbocycles. The van der Waals surface area contributed by atoms with Gasteiger partial charge >= 0.3 is 6.03 Å². The van der Waals surface area contributed by atoms with E-state index in [2.05, 4.69) is 22.1 Å². The van der Waals surface area contributed by atoms with Crippen LogP contribution in [0.5, 0.6) is 0 Å². The van der Waals surface area contributed by atoms with Crippen LogP contribution in [0.2, 0.25) is 0 Å². The number of carbonyl (C=O) groups excluding carboxylic acids is 4. The molecule has 1 saturated heterocycles. The number of likely N-dealkylation sites (tertiary alicyclic amines) is 1. The number of pyridine rings is 1. The molecule has 186 valence electrons. The highest BCUT2D eigenvalue weighted by Crippen LogP contribution is 2.46. The quantitative estimate of drug-likeness (QED) is 0.511. The number of rotatable bonds is 2. The number of ketones is 2. The van der Waals surface area contributed by atoms with Crippen molar-refractivity contribution >= 4 is 23.5 Å². The molecule has 1 aliphatic carbocycles. The number of hydrogen-bond donors (Lipinski definition) is 1. The lowest BCUT2D eigenvalue weighted by atomic mass is 9.62. The Morgan fingerprint density at radius 3 is 2.22 bits per heavy atom. The monoisotopic (exact) mass is 489 g/mol. The predicted octanol–water partition coefficient (Wildman–Crippen LogP) is 3.86. The summed E-state index contributed by atoms with van der Waals surface area (Å²) in [5.41, 5.74) is 2.89. The van der Waals surface area contributed by atoms with Crippen molar-refractivity contribution in [1.29, 1.82) is 0 Å². The second kappa shape index (κ2) is 10.0. The van der Waals surface area contributed by atoms with Crippen LogP contribution in [0.4, 0.5) is 9.18 Å². The van der Waals surface area contributed by atoms with Crippen molar-refractivity contribution in [3.05, 3.63) is 64.2 Å². The van der Waals surface area contributed by atoms with Gasteiger partial charge in [0, 0.05) is 31.5 Å². The highest BCUT2D eigenvalue weighted by Gasteiger charge is 2.47. The van der Waals surface area contributed by atoms with Gasteiger partial charge in [0.2, 0.25) is 0 Å². The normalized spacial score (nSPS) is 17.5. The largest absolute Gasteiger partial charge is 0.324 e. The zero-order valence-corrected chi connectivity index (χ0v) is 20.6. The number of carbonyl (C=O) groups is 4. The van der Waals surface area contributed by atoms with Crippen molar-refractivity contribution in [1.82, 2.24) is 15.2 Å². The molecule has 0 bridgehead atoms. The van der Waals surface area contributed by atoms with Gasteiger partial charge in [0.05, 0.1) is 6.20 Å². The molecular weight excluding hydrogens is 461 g/mol. The Balaban J connectivity index is 1.41. The van der Waals surface area contributed by atoms with Gasteiger partial charge in [0.25, 0.3) is 5.91 Å². The van der Waals surface area contributed by atoms with Crippen LogP contribution >= 0.6 is 0 Å². The number of amides is 3. The van der Waals surface area contributed by atoms with E-state index in [0.717, 1.165) is 34.5 Å². The van der Waals surface area contributed by atoms with Crippen molar-refractivity contribution in [3.63, 3.8) is 0 Å². The van der Waals surface area contributed by atoms with Gasteiger partial charge in [-0.1, -0.05) is 5.92 Å². The molecule has 2 aliphatic rings. The Morgan fingerprint density at radius 1 is 1.08 bits per heavy atom. The van der Waals surface area contributed by atoms with Crippen molar-refractivity contribution in [2.24, 2.45) is 5.41 Å². The molecule has 1 aromatic heterocycles. The minimum Gasteiger partial charge on any atom is -0.324 e. The van der Waals surface area contributed by atoms with Crippen LogP contribution < -0.4 is 5.32 Å². The molecule has 36 heavy (non-hydrogen) atoms. The topological polar surface area (TPSA) is 96.4 Å². The number of urea groups is 1. The molecule has 3 amide bonds. The van der Waals surface area contributed by atoms with E-state index in [1.54, 1.807) is 6.92 Å². The number of nitrogens with zero attached hydrogens (tertiary/aromatic N) is 2. The van der Waals surface area contributed by atoms with Crippen LogP contribution in [-0.2, 0) is 9.59 Å². The summed E-state index contributed by atoms with van der Waals surface area (Å²) in [5.74, 6) is 3.68. The van der Waals surface area contributed by atoms with E-state index >= 15 is 0 Å². The van der Waals surface area contributed by atoms with E-state index in [1.165, 1.54) is 11.0 Å². The third-order valence-corrected chi connectivity index (χ3v) is 7.19. The SMILES string of the molecule is CC#Cc1cc(C)c(C2C(=O)CC3(CCN(C(=O)NC(=O)c4ccc(F)cn4)CC3)CC2=O)c(C)c1. The summed E-state index contributed by atoms with van der Waals surface area (Å²) in [6.07, 6.45) is 2.47. The standard InChI is InChI=1S/C28H28FN3O4/c1-4-5-19-12-17(2)24(18(3)13-19)25-22(33)14-28(15-23(25)34)8-10-32(11-9-28)27(36)31-26(35)21-7-6-20(29)16-30-21/h6-7,12-13,16,25H,8-11,14-15H2,1-3H3,(H,31,35,36). The van der Waals surface area contributed by atoms with Gasteiger partial charge in [-0.3, -0.25) is 19.7 Å². The second-order valence-electron chi connectivity index (χ2n) is 9.73. The smallest absolute Gasteiger partial charge is 0.324 e. The molecule has 7 nitrogen and oxygen atoms in total. The van der Waals surface area contributed by atoms with Crippen molar-refractivity contribution in [3.8, 4) is 11.8 Å². The predicted molar refractivity (Wildman–Crippen MR) is 131 cm³/mol. The van der Waals surface area contributed by atoms with Crippen molar-refractivity contribution in [2.45, 2.75) is 52.4 Å². The molecule has 0 unspecified atom stereocenters. The number of aromatic nitrogens is 1. The van der Waals surface area contributed by atoms with Crippen LogP contribution in [0, 0.1) is 36.9 Å². The first-order valence-electron chi connectivity index (χ1n) is 11.9. The lowest BCUT2D eigenvalue weighted by molar-refractivity contribution is -0.138. The molecule has 2 fully saturated rings. The van der Waals surface area contributed by atoms with Crippen molar-refractivity contribution in [2.75, 3.05) is 13.1 Å². The van der Waals surface area contributed by atoms with Crippen LogP contribution in [0.15, 0.2) is 30.5 Å². The number of aryl methyl sites for hydroxylation is 2. The minimum atomic E-state index is -0.763. The average molecular weight is 490 g/mol. The lowest BCUT2D eigenvalue weighted by Gasteiger charge is -2.44. The molecule has 2 aromatic rings. The number of imide groups is 1. The Kier molecular flexibility index (Phi) is 7.02. The third kappa shape index (κ3) is 5.06. The number of nitrogens with one attached hydrogen (secondary N) is 1. The molecule has 1 aromatic carbocycles. The summed E-state index contributed by atoms with van der Waals surface area (Å²) in [4.78, 5) is 56.6. The summed E-state index contributed by atoms with van der Waals surface area (Å²) < 4.78 is 13.0. The Morgan fingerprint density at radius 2 is 1.69 bits per heavy atom. The average Bonchev–Trinajstić information content (AvgIpc) is 2.81. The van der Waals surface area contributed by atoms with Gasteiger partial charge in [-0.2, -0.15) is 0 Å². The summed E-state index contributed by atoms with van der Waals surface area (Å²) >= 11 is 0. The van der Waals surface area contributed by atoms with E-state index in [0.29, 0.717) is 25.9 Å². The van der Waals surface area contributed by atoms with Crippen molar-refractivity contribution < 1.29 is 23.6 Å². The Bertz CT molecular complexity index is 1260. The molecular formula is C28H28FN3O4.